The normalized spacial score (nSPS) is 26.2. The molecular weight excluding hydrogens is 236 g/mol. The molecule has 19 heavy (non-hydrogen) atoms. The molecule has 2 unspecified atom stereocenters. The van der Waals surface area contributed by atoms with Crippen LogP contribution in [0.25, 0.3) is 0 Å². The van der Waals surface area contributed by atoms with Crippen molar-refractivity contribution in [3.63, 3.8) is 0 Å². The van der Waals surface area contributed by atoms with E-state index in [0.717, 1.165) is 29.8 Å². The van der Waals surface area contributed by atoms with Gasteiger partial charge in [-0.2, -0.15) is 0 Å². The fourth-order valence-corrected chi connectivity index (χ4v) is 3.42. The van der Waals surface area contributed by atoms with Crippen molar-refractivity contribution in [3.8, 4) is 5.88 Å². The molecule has 0 amide bonds. The minimum absolute atomic E-state index is 0.262. The Kier molecular flexibility index (Phi) is 4.14. The number of pyridine rings is 1. The van der Waals surface area contributed by atoms with Gasteiger partial charge >= 0.3 is 0 Å². The van der Waals surface area contributed by atoms with Crippen molar-refractivity contribution >= 4 is 0 Å². The number of nitrogens with two attached hydrogens (primary N) is 1. The molecule has 2 rings (SSSR count). The van der Waals surface area contributed by atoms with Gasteiger partial charge in [0.25, 0.3) is 0 Å². The Morgan fingerprint density at radius 1 is 1.42 bits per heavy atom. The van der Waals surface area contributed by atoms with Gasteiger partial charge in [-0.15, -0.1) is 0 Å². The maximum atomic E-state index is 6.17. The molecule has 1 aliphatic carbocycles. The van der Waals surface area contributed by atoms with E-state index in [0.29, 0.717) is 17.9 Å². The van der Waals surface area contributed by atoms with Gasteiger partial charge in [-0.25, -0.2) is 4.98 Å². The minimum atomic E-state index is 0.262. The SMILES string of the molecule is Cc1ccnc(OC2CC(C)CC(C)(C)C2)c1CN. The first-order valence-corrected chi connectivity index (χ1v) is 7.22. The molecule has 1 saturated carbocycles. The van der Waals surface area contributed by atoms with E-state index in [2.05, 4.69) is 32.7 Å². The zero-order chi connectivity index (χ0) is 14.0. The van der Waals surface area contributed by atoms with Crippen molar-refractivity contribution in [1.82, 2.24) is 4.98 Å². The summed E-state index contributed by atoms with van der Waals surface area (Å²) in [6.45, 7) is 9.51. The highest BCUT2D eigenvalue weighted by molar-refractivity contribution is 5.33. The van der Waals surface area contributed by atoms with E-state index in [-0.39, 0.29) is 6.10 Å². The Hall–Kier alpha value is -1.09. The van der Waals surface area contributed by atoms with Crippen LogP contribution in [0, 0.1) is 18.3 Å². The zero-order valence-corrected chi connectivity index (χ0v) is 12.6. The third-order valence-corrected chi connectivity index (χ3v) is 4.08. The summed E-state index contributed by atoms with van der Waals surface area (Å²) in [7, 11) is 0. The number of nitrogens with zero attached hydrogens (tertiary/aromatic N) is 1. The van der Waals surface area contributed by atoms with Crippen LogP contribution >= 0.6 is 0 Å². The summed E-state index contributed by atoms with van der Waals surface area (Å²) in [5, 5.41) is 0. The predicted molar refractivity (Wildman–Crippen MR) is 78.1 cm³/mol. The molecule has 0 spiro atoms. The van der Waals surface area contributed by atoms with Crippen molar-refractivity contribution in [2.24, 2.45) is 17.1 Å². The highest BCUT2D eigenvalue weighted by atomic mass is 16.5. The summed E-state index contributed by atoms with van der Waals surface area (Å²) in [5.41, 5.74) is 8.38. The average Bonchev–Trinajstić information content (AvgIpc) is 2.26. The van der Waals surface area contributed by atoms with Crippen LogP contribution in [0.15, 0.2) is 12.3 Å². The lowest BCUT2D eigenvalue weighted by atomic mass is 9.71. The van der Waals surface area contributed by atoms with Gasteiger partial charge in [0.2, 0.25) is 5.88 Å². The standard InChI is InChI=1S/C16H26N2O/c1-11-7-13(9-16(3,4)8-11)19-15-14(10-17)12(2)5-6-18-15/h5-6,11,13H,7-10,17H2,1-4H3. The van der Waals surface area contributed by atoms with Crippen LogP contribution in [0.4, 0.5) is 0 Å². The zero-order valence-electron chi connectivity index (χ0n) is 12.6. The van der Waals surface area contributed by atoms with Gasteiger partial charge < -0.3 is 10.5 Å². The second kappa shape index (κ2) is 5.49. The van der Waals surface area contributed by atoms with Crippen LogP contribution in [0.5, 0.6) is 5.88 Å². The van der Waals surface area contributed by atoms with E-state index < -0.39 is 0 Å². The fourth-order valence-electron chi connectivity index (χ4n) is 3.42. The van der Waals surface area contributed by atoms with Crippen molar-refractivity contribution < 1.29 is 4.74 Å². The van der Waals surface area contributed by atoms with Gasteiger partial charge in [-0.1, -0.05) is 20.8 Å². The molecule has 0 aliphatic heterocycles. The minimum Gasteiger partial charge on any atom is -0.474 e. The molecule has 0 radical (unpaired) electrons. The van der Waals surface area contributed by atoms with E-state index in [1.807, 2.05) is 6.07 Å². The Morgan fingerprint density at radius 3 is 2.79 bits per heavy atom. The second-order valence-electron chi connectivity index (χ2n) is 6.77. The van der Waals surface area contributed by atoms with Crippen molar-refractivity contribution in [3.05, 3.63) is 23.4 Å². The molecule has 106 valence electrons. The number of aryl methyl sites for hydroxylation is 1. The monoisotopic (exact) mass is 262 g/mol. The lowest BCUT2D eigenvalue weighted by Gasteiger charge is -2.38. The van der Waals surface area contributed by atoms with E-state index >= 15 is 0 Å². The molecule has 0 bridgehead atoms. The van der Waals surface area contributed by atoms with Gasteiger partial charge in [-0.3, -0.25) is 0 Å². The third-order valence-electron chi connectivity index (χ3n) is 4.08. The summed E-state index contributed by atoms with van der Waals surface area (Å²) < 4.78 is 6.17. The lowest BCUT2D eigenvalue weighted by Crippen LogP contribution is -2.34. The van der Waals surface area contributed by atoms with Gasteiger partial charge in [0, 0.05) is 18.3 Å². The van der Waals surface area contributed by atoms with Crippen LogP contribution in [0.3, 0.4) is 0 Å². The maximum absolute atomic E-state index is 6.17. The van der Waals surface area contributed by atoms with Gasteiger partial charge in [0.15, 0.2) is 0 Å². The molecule has 0 aromatic carbocycles. The third kappa shape index (κ3) is 3.47. The van der Waals surface area contributed by atoms with Crippen LogP contribution < -0.4 is 10.5 Å². The van der Waals surface area contributed by atoms with E-state index in [1.54, 1.807) is 6.20 Å². The summed E-state index contributed by atoms with van der Waals surface area (Å²) in [4.78, 5) is 4.38. The average molecular weight is 262 g/mol. The van der Waals surface area contributed by atoms with Crippen molar-refractivity contribution in [1.29, 1.82) is 0 Å². The van der Waals surface area contributed by atoms with Crippen LogP contribution in [-0.4, -0.2) is 11.1 Å². The number of ether oxygens (including phenoxy) is 1. The molecule has 2 atom stereocenters. The smallest absolute Gasteiger partial charge is 0.218 e. The van der Waals surface area contributed by atoms with Gasteiger partial charge in [-0.05, 0) is 49.1 Å². The molecule has 1 aliphatic rings. The Morgan fingerprint density at radius 2 is 2.16 bits per heavy atom. The molecule has 2 N–H and O–H groups in total. The Balaban J connectivity index is 2.15. The first-order valence-electron chi connectivity index (χ1n) is 7.22. The van der Waals surface area contributed by atoms with Crippen LogP contribution in [-0.2, 0) is 6.54 Å². The Labute approximate surface area is 116 Å². The number of hydrogen-bond donors (Lipinski definition) is 1. The number of aromatic nitrogens is 1. The molecule has 1 fully saturated rings. The summed E-state index contributed by atoms with van der Waals surface area (Å²) in [6.07, 6.45) is 5.55. The molecule has 0 saturated heterocycles. The summed E-state index contributed by atoms with van der Waals surface area (Å²) in [5.74, 6) is 1.44. The lowest BCUT2D eigenvalue weighted by molar-refractivity contribution is 0.0525. The molecule has 3 heteroatoms. The number of hydrogen-bond acceptors (Lipinski definition) is 3. The topological polar surface area (TPSA) is 48.1 Å². The first kappa shape index (κ1) is 14.3. The van der Waals surface area contributed by atoms with Gasteiger partial charge in [0.05, 0.1) is 0 Å². The highest BCUT2D eigenvalue weighted by Gasteiger charge is 2.33. The Bertz CT molecular complexity index is 442. The molecule has 1 heterocycles. The molecule has 3 nitrogen and oxygen atoms in total. The molecule has 1 aromatic rings. The van der Waals surface area contributed by atoms with E-state index in [4.69, 9.17) is 10.5 Å². The molecular formula is C16H26N2O. The predicted octanol–water partition coefficient (Wildman–Crippen LogP) is 3.44. The van der Waals surface area contributed by atoms with Crippen LogP contribution in [0.1, 0.15) is 51.2 Å². The maximum Gasteiger partial charge on any atom is 0.218 e. The summed E-state index contributed by atoms with van der Waals surface area (Å²) in [6, 6.07) is 1.99. The van der Waals surface area contributed by atoms with Gasteiger partial charge in [0.1, 0.15) is 6.10 Å². The fraction of sp³-hybridized carbons (Fsp3) is 0.688. The second-order valence-corrected chi connectivity index (χ2v) is 6.77. The number of rotatable bonds is 3. The first-order chi connectivity index (χ1) is 8.91. The largest absolute Gasteiger partial charge is 0.474 e. The molecule has 1 aromatic heterocycles. The highest BCUT2D eigenvalue weighted by Crippen LogP contribution is 2.40. The van der Waals surface area contributed by atoms with Crippen LogP contribution in [0.2, 0.25) is 0 Å². The van der Waals surface area contributed by atoms with E-state index in [1.165, 1.54) is 6.42 Å². The quantitative estimate of drug-likeness (QED) is 0.907. The van der Waals surface area contributed by atoms with Crippen molar-refractivity contribution in [2.45, 2.75) is 59.6 Å². The van der Waals surface area contributed by atoms with E-state index in [9.17, 15) is 0 Å². The summed E-state index contributed by atoms with van der Waals surface area (Å²) >= 11 is 0. The van der Waals surface area contributed by atoms with Crippen molar-refractivity contribution in [2.75, 3.05) is 0 Å².